The highest BCUT2D eigenvalue weighted by molar-refractivity contribution is 5.92. The van der Waals surface area contributed by atoms with Crippen LogP contribution < -0.4 is 4.74 Å². The van der Waals surface area contributed by atoms with Crippen LogP contribution in [-0.2, 0) is 10.2 Å². The fourth-order valence-corrected chi connectivity index (χ4v) is 4.50. The normalized spacial score (nSPS) is 39.7. The third-order valence-electron chi connectivity index (χ3n) is 5.13. The molecule has 2 fully saturated rings. The minimum Gasteiger partial charge on any atom is -0.425 e. The molecule has 1 aliphatic heterocycles. The van der Waals surface area contributed by atoms with Crippen molar-refractivity contribution in [1.29, 1.82) is 0 Å². The minimum absolute atomic E-state index is 0.0207. The van der Waals surface area contributed by atoms with Gasteiger partial charge in [0, 0.05) is 11.5 Å². The lowest BCUT2D eigenvalue weighted by atomic mass is 9.63. The summed E-state index contributed by atoms with van der Waals surface area (Å²) in [5.41, 5.74) is 0.499. The predicted molar refractivity (Wildman–Crippen MR) is 66.9 cm³/mol. The van der Waals surface area contributed by atoms with E-state index in [9.17, 15) is 4.79 Å². The van der Waals surface area contributed by atoms with Gasteiger partial charge in [0.15, 0.2) is 0 Å². The molecule has 2 nitrogen and oxygen atoms in total. The van der Waals surface area contributed by atoms with Crippen LogP contribution in [0.5, 0.6) is 5.75 Å². The van der Waals surface area contributed by atoms with Crippen LogP contribution in [-0.4, -0.2) is 5.97 Å². The first-order valence-corrected chi connectivity index (χ1v) is 6.56. The quantitative estimate of drug-likeness (QED) is 0.394. The first kappa shape index (κ1) is 10.2. The van der Waals surface area contributed by atoms with E-state index in [0.29, 0.717) is 11.8 Å². The highest BCUT2D eigenvalue weighted by atomic mass is 16.5. The second-order valence-corrected chi connectivity index (χ2v) is 5.67. The maximum atomic E-state index is 12.5. The molecule has 1 heterocycles. The predicted octanol–water partition coefficient (Wildman–Crippen LogP) is 2.52. The molecule has 0 amide bonds. The Morgan fingerprint density at radius 2 is 2.17 bits per heavy atom. The molecule has 1 spiro atoms. The molecule has 1 unspecified atom stereocenters. The van der Waals surface area contributed by atoms with Gasteiger partial charge in [-0.1, -0.05) is 18.2 Å². The Morgan fingerprint density at radius 1 is 1.33 bits per heavy atom. The van der Waals surface area contributed by atoms with Crippen molar-refractivity contribution in [2.45, 2.75) is 24.7 Å². The lowest BCUT2D eigenvalue weighted by Crippen LogP contribution is -2.45. The Bertz CT molecular complexity index is 583. The molecule has 18 heavy (non-hydrogen) atoms. The Labute approximate surface area is 106 Å². The van der Waals surface area contributed by atoms with Gasteiger partial charge in [0.1, 0.15) is 11.2 Å². The van der Waals surface area contributed by atoms with E-state index in [1.165, 1.54) is 0 Å². The molecule has 1 aromatic carbocycles. The minimum atomic E-state index is -0.533. The molecule has 2 aliphatic carbocycles. The van der Waals surface area contributed by atoms with Crippen LogP contribution in [0.3, 0.4) is 0 Å². The smallest absolute Gasteiger partial charge is 0.323 e. The summed E-state index contributed by atoms with van der Waals surface area (Å²) >= 11 is 0. The van der Waals surface area contributed by atoms with Gasteiger partial charge in [-0.05, 0) is 37.2 Å². The summed E-state index contributed by atoms with van der Waals surface area (Å²) in [6.07, 6.45) is 9.08. The molecular formula is C16H14O2. The zero-order valence-corrected chi connectivity index (χ0v) is 10.1. The van der Waals surface area contributed by atoms with Gasteiger partial charge in [0.05, 0.1) is 0 Å². The molecule has 0 saturated heterocycles. The number of benzene rings is 1. The third-order valence-corrected chi connectivity index (χ3v) is 5.13. The number of ether oxygens (including phenoxy) is 1. The van der Waals surface area contributed by atoms with Crippen molar-refractivity contribution < 1.29 is 9.53 Å². The zero-order valence-electron chi connectivity index (χ0n) is 10.1. The molecule has 2 heteroatoms. The van der Waals surface area contributed by atoms with E-state index in [1.54, 1.807) is 0 Å². The maximum Gasteiger partial charge on any atom is 0.323 e. The third kappa shape index (κ3) is 0.916. The molecule has 0 aromatic heterocycles. The van der Waals surface area contributed by atoms with E-state index in [0.717, 1.165) is 30.6 Å². The second-order valence-electron chi connectivity index (χ2n) is 5.67. The van der Waals surface area contributed by atoms with Crippen LogP contribution in [0, 0.1) is 30.1 Å². The van der Waals surface area contributed by atoms with Gasteiger partial charge in [0.25, 0.3) is 0 Å². The van der Waals surface area contributed by atoms with E-state index in [-0.39, 0.29) is 11.9 Å². The van der Waals surface area contributed by atoms with E-state index in [4.69, 9.17) is 11.2 Å². The fraction of sp³-hybridized carbons (Fsp3) is 0.438. The number of hydrogen-bond acceptors (Lipinski definition) is 2. The fourth-order valence-electron chi connectivity index (χ4n) is 4.50. The number of para-hydroxylation sites is 1. The van der Waals surface area contributed by atoms with Crippen molar-refractivity contribution in [3.63, 3.8) is 0 Å². The van der Waals surface area contributed by atoms with Gasteiger partial charge in [0.2, 0.25) is 0 Å². The summed E-state index contributed by atoms with van der Waals surface area (Å²) in [4.78, 5) is 12.5. The number of carbonyl (C=O) groups excluding carboxylic acids is 1. The van der Waals surface area contributed by atoms with Crippen LogP contribution >= 0.6 is 0 Å². The highest BCUT2D eigenvalue weighted by Gasteiger charge is 2.66. The Morgan fingerprint density at radius 3 is 3.00 bits per heavy atom. The second kappa shape index (κ2) is 3.17. The molecule has 2 saturated carbocycles. The molecule has 3 aliphatic rings. The lowest BCUT2D eigenvalue weighted by Gasteiger charge is -2.35. The zero-order chi connectivity index (χ0) is 12.3. The largest absolute Gasteiger partial charge is 0.425 e. The summed E-state index contributed by atoms with van der Waals surface area (Å²) in [6.45, 7) is 0. The van der Waals surface area contributed by atoms with Gasteiger partial charge < -0.3 is 4.74 Å². The topological polar surface area (TPSA) is 26.3 Å². The summed E-state index contributed by atoms with van der Waals surface area (Å²) < 4.78 is 5.49. The average Bonchev–Trinajstić information content (AvgIpc) is 3.04. The number of fused-ring (bicyclic) bond motifs is 5. The van der Waals surface area contributed by atoms with Gasteiger partial charge in [-0.15, -0.1) is 12.3 Å². The number of esters is 1. The van der Waals surface area contributed by atoms with Crippen LogP contribution in [0.15, 0.2) is 24.3 Å². The standard InChI is InChI=1S/C16H14O2/c1-2-12-10-7-8-11(9-10)16(12)13-5-3-4-6-14(13)18-15(16)17/h1,3-6,10-12H,7-9H2/t10-,11+,12+,16?/m1/s1. The summed E-state index contributed by atoms with van der Waals surface area (Å²) in [5.74, 6) is 4.40. The van der Waals surface area contributed by atoms with E-state index < -0.39 is 5.41 Å². The van der Waals surface area contributed by atoms with Crippen LogP contribution in [0.25, 0.3) is 0 Å². The molecular weight excluding hydrogens is 224 g/mol. The Kier molecular flexibility index (Phi) is 1.80. The maximum absolute atomic E-state index is 12.5. The van der Waals surface area contributed by atoms with Crippen LogP contribution in [0.2, 0.25) is 0 Å². The van der Waals surface area contributed by atoms with Crippen LogP contribution in [0.1, 0.15) is 24.8 Å². The summed E-state index contributed by atoms with van der Waals surface area (Å²) in [6, 6.07) is 7.78. The molecule has 4 rings (SSSR count). The summed E-state index contributed by atoms with van der Waals surface area (Å²) in [7, 11) is 0. The first-order valence-electron chi connectivity index (χ1n) is 6.56. The Balaban J connectivity index is 1.98. The number of hydrogen-bond donors (Lipinski definition) is 0. The Hall–Kier alpha value is -1.75. The van der Waals surface area contributed by atoms with Crippen molar-refractivity contribution in [2.75, 3.05) is 0 Å². The molecule has 0 radical (unpaired) electrons. The number of terminal acetylenes is 1. The average molecular weight is 238 g/mol. The first-order chi connectivity index (χ1) is 8.78. The number of rotatable bonds is 0. The molecule has 90 valence electrons. The molecule has 0 N–H and O–H groups in total. The van der Waals surface area contributed by atoms with Gasteiger partial charge in [-0.3, -0.25) is 4.79 Å². The SMILES string of the molecule is C#C[C@H]1[C@@H]2CC[C@@H](C2)C12C(=O)Oc1ccccc12. The number of carbonyl (C=O) groups is 1. The van der Waals surface area contributed by atoms with Crippen molar-refractivity contribution in [3.8, 4) is 18.1 Å². The van der Waals surface area contributed by atoms with Gasteiger partial charge in [-0.25, -0.2) is 0 Å². The lowest BCUT2D eigenvalue weighted by molar-refractivity contribution is -0.141. The molecule has 2 bridgehead atoms. The summed E-state index contributed by atoms with van der Waals surface area (Å²) in [5, 5.41) is 0. The molecule has 1 aromatic rings. The molecule has 4 atom stereocenters. The van der Waals surface area contributed by atoms with E-state index in [2.05, 4.69) is 5.92 Å². The monoisotopic (exact) mass is 238 g/mol. The van der Waals surface area contributed by atoms with Crippen molar-refractivity contribution in [2.24, 2.45) is 17.8 Å². The van der Waals surface area contributed by atoms with Crippen LogP contribution in [0.4, 0.5) is 0 Å². The van der Waals surface area contributed by atoms with Crippen molar-refractivity contribution >= 4 is 5.97 Å². The highest BCUT2D eigenvalue weighted by Crippen LogP contribution is 2.64. The van der Waals surface area contributed by atoms with Crippen molar-refractivity contribution in [1.82, 2.24) is 0 Å². The van der Waals surface area contributed by atoms with Gasteiger partial charge >= 0.3 is 5.97 Å². The van der Waals surface area contributed by atoms with E-state index in [1.807, 2.05) is 24.3 Å². The van der Waals surface area contributed by atoms with Crippen molar-refractivity contribution in [3.05, 3.63) is 29.8 Å². The van der Waals surface area contributed by atoms with Gasteiger partial charge in [-0.2, -0.15) is 0 Å². The van der Waals surface area contributed by atoms with E-state index >= 15 is 0 Å².